The summed E-state index contributed by atoms with van der Waals surface area (Å²) in [5, 5.41) is 8.13. The van der Waals surface area contributed by atoms with Crippen molar-refractivity contribution in [2.45, 2.75) is 13.8 Å². The molecule has 22 heavy (non-hydrogen) atoms. The van der Waals surface area contributed by atoms with Gasteiger partial charge in [-0.1, -0.05) is 18.2 Å². The van der Waals surface area contributed by atoms with E-state index in [0.717, 1.165) is 19.6 Å². The Labute approximate surface area is 129 Å². The summed E-state index contributed by atoms with van der Waals surface area (Å²) in [6.45, 7) is 7.79. The highest BCUT2D eigenvalue weighted by atomic mass is 16.2. The number of hydrogen-bond acceptors (Lipinski definition) is 3. The predicted molar refractivity (Wildman–Crippen MR) is 86.2 cm³/mol. The minimum Gasteiger partial charge on any atom is -0.345 e. The SMILES string of the molecule is CC[NH+](CC)CCNC(=O)c1nn(C)c(=O)c2ccccc12. The topological polar surface area (TPSA) is 68.4 Å². The van der Waals surface area contributed by atoms with Gasteiger partial charge in [-0.25, -0.2) is 4.68 Å². The zero-order chi connectivity index (χ0) is 16.1. The van der Waals surface area contributed by atoms with Crippen LogP contribution in [0.2, 0.25) is 0 Å². The summed E-state index contributed by atoms with van der Waals surface area (Å²) in [5.74, 6) is -0.238. The highest BCUT2D eigenvalue weighted by Gasteiger charge is 2.15. The number of rotatable bonds is 6. The lowest BCUT2D eigenvalue weighted by Crippen LogP contribution is -3.12. The molecule has 6 nitrogen and oxygen atoms in total. The second-order valence-corrected chi connectivity index (χ2v) is 5.29. The Bertz CT molecular complexity index is 720. The second kappa shape index (κ2) is 7.17. The number of hydrogen-bond donors (Lipinski definition) is 2. The summed E-state index contributed by atoms with van der Waals surface area (Å²) in [6, 6.07) is 7.07. The molecule has 2 aromatic rings. The van der Waals surface area contributed by atoms with E-state index in [1.165, 1.54) is 9.58 Å². The van der Waals surface area contributed by atoms with Gasteiger partial charge >= 0.3 is 0 Å². The third-order valence-corrected chi connectivity index (χ3v) is 3.94. The summed E-state index contributed by atoms with van der Waals surface area (Å²) in [4.78, 5) is 25.9. The highest BCUT2D eigenvalue weighted by Crippen LogP contribution is 2.12. The van der Waals surface area contributed by atoms with Gasteiger partial charge in [0.2, 0.25) is 0 Å². The number of quaternary nitrogens is 1. The van der Waals surface area contributed by atoms with Crippen LogP contribution in [0.15, 0.2) is 29.1 Å². The van der Waals surface area contributed by atoms with Crippen molar-refractivity contribution in [1.82, 2.24) is 15.1 Å². The molecular formula is C16H23N4O2+. The van der Waals surface area contributed by atoms with Crippen molar-refractivity contribution >= 4 is 16.7 Å². The number of likely N-dealkylation sites (N-methyl/N-ethyl adjacent to an activating group) is 1. The van der Waals surface area contributed by atoms with Gasteiger partial charge < -0.3 is 10.2 Å². The van der Waals surface area contributed by atoms with E-state index >= 15 is 0 Å². The van der Waals surface area contributed by atoms with Gasteiger partial charge in [0.15, 0.2) is 5.69 Å². The number of aryl methyl sites for hydroxylation is 1. The first-order valence-electron chi connectivity index (χ1n) is 7.66. The van der Waals surface area contributed by atoms with Crippen molar-refractivity contribution in [2.24, 2.45) is 7.05 Å². The summed E-state index contributed by atoms with van der Waals surface area (Å²) in [5.41, 5.74) is 0.104. The molecule has 0 atom stereocenters. The molecule has 0 saturated heterocycles. The number of amides is 1. The summed E-state index contributed by atoms with van der Waals surface area (Å²) in [6.07, 6.45) is 0. The fraction of sp³-hybridized carbons (Fsp3) is 0.438. The number of nitrogens with one attached hydrogen (secondary N) is 2. The average molecular weight is 303 g/mol. The number of aromatic nitrogens is 2. The molecule has 2 N–H and O–H groups in total. The summed E-state index contributed by atoms with van der Waals surface area (Å²) < 4.78 is 1.22. The number of carbonyl (C=O) groups excluding carboxylic acids is 1. The Morgan fingerprint density at radius 2 is 1.86 bits per heavy atom. The minimum atomic E-state index is -0.238. The fourth-order valence-corrected chi connectivity index (χ4v) is 2.51. The summed E-state index contributed by atoms with van der Waals surface area (Å²) >= 11 is 0. The van der Waals surface area contributed by atoms with Gasteiger partial charge in [0.1, 0.15) is 0 Å². The molecule has 0 spiro atoms. The van der Waals surface area contributed by atoms with E-state index < -0.39 is 0 Å². The molecule has 1 heterocycles. The second-order valence-electron chi connectivity index (χ2n) is 5.29. The van der Waals surface area contributed by atoms with Gasteiger partial charge in [-0.2, -0.15) is 5.10 Å². The zero-order valence-electron chi connectivity index (χ0n) is 13.3. The zero-order valence-corrected chi connectivity index (χ0v) is 13.3. The molecule has 0 unspecified atom stereocenters. The van der Waals surface area contributed by atoms with Crippen LogP contribution >= 0.6 is 0 Å². The van der Waals surface area contributed by atoms with Crippen molar-refractivity contribution in [2.75, 3.05) is 26.2 Å². The maximum atomic E-state index is 12.4. The van der Waals surface area contributed by atoms with Gasteiger partial charge in [0.25, 0.3) is 11.5 Å². The Hall–Kier alpha value is -2.21. The van der Waals surface area contributed by atoms with Crippen molar-refractivity contribution in [3.05, 3.63) is 40.3 Å². The van der Waals surface area contributed by atoms with E-state index in [9.17, 15) is 9.59 Å². The molecular weight excluding hydrogens is 280 g/mol. The van der Waals surface area contributed by atoms with E-state index in [2.05, 4.69) is 24.3 Å². The monoisotopic (exact) mass is 303 g/mol. The van der Waals surface area contributed by atoms with Crippen molar-refractivity contribution in [3.63, 3.8) is 0 Å². The Kier molecular flexibility index (Phi) is 5.27. The van der Waals surface area contributed by atoms with Gasteiger partial charge in [0.05, 0.1) is 31.6 Å². The number of carbonyl (C=O) groups is 1. The summed E-state index contributed by atoms with van der Waals surface area (Å²) in [7, 11) is 1.56. The molecule has 2 rings (SSSR count). The molecule has 0 bridgehead atoms. The van der Waals surface area contributed by atoms with Crippen LogP contribution in [-0.4, -0.2) is 41.9 Å². The Balaban J connectivity index is 2.22. The standard InChI is InChI=1S/C16H22N4O2/c1-4-20(5-2)11-10-17-15(21)14-12-8-6-7-9-13(12)16(22)19(3)18-14/h6-9H,4-5,10-11H2,1-3H3,(H,17,21)/p+1. The van der Waals surface area contributed by atoms with Crippen LogP contribution in [0.1, 0.15) is 24.3 Å². The maximum absolute atomic E-state index is 12.4. The molecule has 118 valence electrons. The van der Waals surface area contributed by atoms with E-state index in [1.807, 2.05) is 0 Å². The van der Waals surface area contributed by atoms with Crippen molar-refractivity contribution in [3.8, 4) is 0 Å². The van der Waals surface area contributed by atoms with E-state index in [-0.39, 0.29) is 11.5 Å². The molecule has 1 aromatic carbocycles. The number of nitrogens with zero attached hydrogens (tertiary/aromatic N) is 2. The maximum Gasteiger partial charge on any atom is 0.274 e. The van der Waals surface area contributed by atoms with Gasteiger partial charge in [-0.15, -0.1) is 0 Å². The van der Waals surface area contributed by atoms with E-state index in [0.29, 0.717) is 23.0 Å². The molecule has 1 aromatic heterocycles. The van der Waals surface area contributed by atoms with Crippen LogP contribution in [-0.2, 0) is 7.05 Å². The molecule has 0 aliphatic carbocycles. The number of fused-ring (bicyclic) bond motifs is 1. The largest absolute Gasteiger partial charge is 0.345 e. The third-order valence-electron chi connectivity index (χ3n) is 3.94. The van der Waals surface area contributed by atoms with Gasteiger partial charge in [-0.05, 0) is 19.9 Å². The molecule has 0 saturated carbocycles. The van der Waals surface area contributed by atoms with Crippen LogP contribution in [0, 0.1) is 0 Å². The van der Waals surface area contributed by atoms with Crippen LogP contribution < -0.4 is 15.8 Å². The van der Waals surface area contributed by atoms with Crippen LogP contribution in [0.3, 0.4) is 0 Å². The normalized spacial score (nSPS) is 11.1. The van der Waals surface area contributed by atoms with Gasteiger partial charge in [0, 0.05) is 12.4 Å². The highest BCUT2D eigenvalue weighted by molar-refractivity contribution is 6.04. The quantitative estimate of drug-likeness (QED) is 0.762. The van der Waals surface area contributed by atoms with Crippen LogP contribution in [0.25, 0.3) is 10.8 Å². The minimum absolute atomic E-state index is 0.195. The molecule has 0 radical (unpaired) electrons. The van der Waals surface area contributed by atoms with Crippen LogP contribution in [0.5, 0.6) is 0 Å². The smallest absolute Gasteiger partial charge is 0.274 e. The third kappa shape index (κ3) is 3.33. The number of benzene rings is 1. The predicted octanol–water partition coefficient (Wildman–Crippen LogP) is -0.412. The lowest BCUT2D eigenvalue weighted by Gasteiger charge is -2.15. The fourth-order valence-electron chi connectivity index (χ4n) is 2.51. The van der Waals surface area contributed by atoms with Crippen LogP contribution in [0.4, 0.5) is 0 Å². The Morgan fingerprint density at radius 1 is 1.23 bits per heavy atom. The first-order valence-corrected chi connectivity index (χ1v) is 7.66. The first kappa shape index (κ1) is 16.2. The molecule has 6 heteroatoms. The molecule has 0 aliphatic rings. The van der Waals surface area contributed by atoms with E-state index in [4.69, 9.17) is 0 Å². The molecule has 0 fully saturated rings. The van der Waals surface area contributed by atoms with E-state index in [1.54, 1.807) is 31.3 Å². The first-order chi connectivity index (χ1) is 10.6. The van der Waals surface area contributed by atoms with Crippen molar-refractivity contribution in [1.29, 1.82) is 0 Å². The average Bonchev–Trinajstić information content (AvgIpc) is 2.55. The molecule has 0 aliphatic heterocycles. The van der Waals surface area contributed by atoms with Gasteiger partial charge in [-0.3, -0.25) is 9.59 Å². The van der Waals surface area contributed by atoms with Crippen molar-refractivity contribution < 1.29 is 9.69 Å². The lowest BCUT2D eigenvalue weighted by atomic mass is 10.1. The lowest BCUT2D eigenvalue weighted by molar-refractivity contribution is -0.895. The Morgan fingerprint density at radius 3 is 2.50 bits per heavy atom. The molecule has 1 amide bonds.